The number of allylic oxidation sites excluding steroid dienone is 4. The first-order chi connectivity index (χ1) is 8.95. The van der Waals surface area contributed by atoms with Crippen molar-refractivity contribution in [1.29, 1.82) is 0 Å². The van der Waals surface area contributed by atoms with Crippen LogP contribution < -0.4 is 0 Å². The van der Waals surface area contributed by atoms with Crippen molar-refractivity contribution < 1.29 is 9.53 Å². The van der Waals surface area contributed by atoms with Gasteiger partial charge in [0, 0.05) is 0 Å². The molecule has 2 nitrogen and oxygen atoms in total. The number of rotatable bonds is 10. The third-order valence-corrected chi connectivity index (χ3v) is 2.94. The highest BCUT2D eigenvalue weighted by Gasteiger charge is 2.28. The molecule has 0 aromatic rings. The standard InChI is InChI=1S/C17H28O2/c1-6-13-19-17(14-18,11-7-9-15(2)3)12-8-10-16(4)5/h6,9-10,14H,1,7-8,11-13H2,2-5H3. The van der Waals surface area contributed by atoms with Crippen LogP contribution in [0.4, 0.5) is 0 Å². The van der Waals surface area contributed by atoms with Gasteiger partial charge in [-0.1, -0.05) is 29.4 Å². The molecule has 0 aromatic carbocycles. The molecule has 0 heterocycles. The predicted octanol–water partition coefficient (Wildman–Crippen LogP) is 4.62. The third kappa shape index (κ3) is 8.55. The Kier molecular flexibility index (Phi) is 9.15. The van der Waals surface area contributed by atoms with E-state index < -0.39 is 5.60 Å². The van der Waals surface area contributed by atoms with E-state index >= 15 is 0 Å². The summed E-state index contributed by atoms with van der Waals surface area (Å²) in [4.78, 5) is 11.5. The Hall–Kier alpha value is -1.15. The first-order valence-electron chi connectivity index (χ1n) is 6.93. The molecule has 0 fully saturated rings. The summed E-state index contributed by atoms with van der Waals surface area (Å²) in [5.41, 5.74) is 1.87. The number of carbonyl (C=O) groups is 1. The van der Waals surface area contributed by atoms with Crippen molar-refractivity contribution in [3.8, 4) is 0 Å². The fourth-order valence-electron chi connectivity index (χ4n) is 1.86. The Morgan fingerprint density at radius 2 is 1.53 bits per heavy atom. The monoisotopic (exact) mass is 264 g/mol. The highest BCUT2D eigenvalue weighted by atomic mass is 16.5. The topological polar surface area (TPSA) is 26.3 Å². The number of carbonyl (C=O) groups excluding carboxylic acids is 1. The van der Waals surface area contributed by atoms with Gasteiger partial charge < -0.3 is 9.53 Å². The molecule has 0 N–H and O–H groups in total. The third-order valence-electron chi connectivity index (χ3n) is 2.94. The summed E-state index contributed by atoms with van der Waals surface area (Å²) in [7, 11) is 0. The van der Waals surface area contributed by atoms with Gasteiger partial charge in [-0.25, -0.2) is 0 Å². The maximum absolute atomic E-state index is 11.5. The van der Waals surface area contributed by atoms with Crippen molar-refractivity contribution in [2.24, 2.45) is 0 Å². The van der Waals surface area contributed by atoms with Gasteiger partial charge in [0.15, 0.2) is 6.29 Å². The van der Waals surface area contributed by atoms with E-state index in [4.69, 9.17) is 4.74 Å². The lowest BCUT2D eigenvalue weighted by Crippen LogP contribution is -2.34. The lowest BCUT2D eigenvalue weighted by molar-refractivity contribution is -0.131. The van der Waals surface area contributed by atoms with Gasteiger partial charge in [-0.3, -0.25) is 0 Å². The number of aldehydes is 1. The smallest absolute Gasteiger partial charge is 0.151 e. The normalized spacial score (nSPS) is 10.7. The first-order valence-corrected chi connectivity index (χ1v) is 6.93. The minimum absolute atomic E-state index is 0.419. The van der Waals surface area contributed by atoms with Gasteiger partial charge in [0.05, 0.1) is 6.61 Å². The molecule has 0 aliphatic carbocycles. The summed E-state index contributed by atoms with van der Waals surface area (Å²) >= 11 is 0. The SMILES string of the molecule is C=CCOC(C=O)(CCC=C(C)C)CCC=C(C)C. The molecule has 0 aliphatic rings. The van der Waals surface area contributed by atoms with Crippen LogP contribution in [0.1, 0.15) is 53.4 Å². The largest absolute Gasteiger partial charge is 0.363 e. The van der Waals surface area contributed by atoms with E-state index in [0.29, 0.717) is 6.61 Å². The Morgan fingerprint density at radius 1 is 1.05 bits per heavy atom. The van der Waals surface area contributed by atoms with Gasteiger partial charge in [0.2, 0.25) is 0 Å². The second-order valence-electron chi connectivity index (χ2n) is 5.42. The molecular formula is C17H28O2. The van der Waals surface area contributed by atoms with Crippen LogP contribution in [0.25, 0.3) is 0 Å². The lowest BCUT2D eigenvalue weighted by Gasteiger charge is -2.27. The summed E-state index contributed by atoms with van der Waals surface area (Å²) in [6.45, 7) is 12.3. The molecule has 0 amide bonds. The number of hydrogen-bond donors (Lipinski definition) is 0. The van der Waals surface area contributed by atoms with Gasteiger partial charge in [0.1, 0.15) is 5.60 Å². The molecule has 108 valence electrons. The van der Waals surface area contributed by atoms with Crippen LogP contribution in [0.15, 0.2) is 36.0 Å². The van der Waals surface area contributed by atoms with E-state index in [0.717, 1.165) is 32.0 Å². The van der Waals surface area contributed by atoms with Gasteiger partial charge in [0.25, 0.3) is 0 Å². The van der Waals surface area contributed by atoms with Crippen LogP contribution in [0.2, 0.25) is 0 Å². The molecule has 0 saturated heterocycles. The minimum Gasteiger partial charge on any atom is -0.363 e. The average Bonchev–Trinajstić information content (AvgIpc) is 2.34. The molecule has 0 atom stereocenters. The molecule has 0 rings (SSSR count). The van der Waals surface area contributed by atoms with Crippen molar-refractivity contribution in [3.63, 3.8) is 0 Å². The second kappa shape index (κ2) is 9.74. The van der Waals surface area contributed by atoms with E-state index in [9.17, 15) is 4.79 Å². The zero-order chi connectivity index (χ0) is 14.7. The fraction of sp³-hybridized carbons (Fsp3) is 0.588. The zero-order valence-electron chi connectivity index (χ0n) is 12.9. The van der Waals surface area contributed by atoms with Gasteiger partial charge in [-0.2, -0.15) is 0 Å². The van der Waals surface area contributed by atoms with Gasteiger partial charge >= 0.3 is 0 Å². The minimum atomic E-state index is -0.675. The Morgan fingerprint density at radius 3 is 1.84 bits per heavy atom. The first kappa shape index (κ1) is 17.8. The summed E-state index contributed by atoms with van der Waals surface area (Å²) in [5.74, 6) is 0. The highest BCUT2D eigenvalue weighted by Crippen LogP contribution is 2.24. The molecule has 0 radical (unpaired) electrons. The van der Waals surface area contributed by atoms with E-state index in [-0.39, 0.29) is 0 Å². The fourth-order valence-corrected chi connectivity index (χ4v) is 1.86. The quantitative estimate of drug-likeness (QED) is 0.425. The summed E-state index contributed by atoms with van der Waals surface area (Å²) in [6.07, 6.45) is 10.2. The zero-order valence-corrected chi connectivity index (χ0v) is 12.9. The van der Waals surface area contributed by atoms with Crippen molar-refractivity contribution in [3.05, 3.63) is 36.0 Å². The van der Waals surface area contributed by atoms with Crippen LogP contribution in [0.5, 0.6) is 0 Å². The van der Waals surface area contributed by atoms with Crippen molar-refractivity contribution in [2.45, 2.75) is 59.0 Å². The maximum Gasteiger partial charge on any atom is 0.151 e. The highest BCUT2D eigenvalue weighted by molar-refractivity contribution is 5.62. The van der Waals surface area contributed by atoms with Crippen molar-refractivity contribution >= 4 is 6.29 Å². The Balaban J connectivity index is 4.65. The molecule has 0 aromatic heterocycles. The van der Waals surface area contributed by atoms with Crippen LogP contribution >= 0.6 is 0 Å². The van der Waals surface area contributed by atoms with Gasteiger partial charge in [-0.15, -0.1) is 6.58 Å². The predicted molar refractivity (Wildman–Crippen MR) is 82.3 cm³/mol. The molecule has 0 saturated carbocycles. The number of ether oxygens (including phenoxy) is 1. The summed E-state index contributed by atoms with van der Waals surface area (Å²) in [5, 5.41) is 0. The van der Waals surface area contributed by atoms with Crippen LogP contribution in [-0.2, 0) is 9.53 Å². The molecule has 0 aliphatic heterocycles. The Bertz CT molecular complexity index is 307. The number of hydrogen-bond acceptors (Lipinski definition) is 2. The molecule has 0 unspecified atom stereocenters. The molecule has 2 heteroatoms. The van der Waals surface area contributed by atoms with Crippen molar-refractivity contribution in [2.75, 3.05) is 6.61 Å². The summed E-state index contributed by atoms with van der Waals surface area (Å²) < 4.78 is 5.75. The summed E-state index contributed by atoms with van der Waals surface area (Å²) in [6, 6.07) is 0. The molecular weight excluding hydrogens is 236 g/mol. The lowest BCUT2D eigenvalue weighted by atomic mass is 9.92. The van der Waals surface area contributed by atoms with E-state index in [2.05, 4.69) is 46.4 Å². The van der Waals surface area contributed by atoms with E-state index in [1.54, 1.807) is 6.08 Å². The second-order valence-corrected chi connectivity index (χ2v) is 5.42. The Labute approximate surface area is 118 Å². The van der Waals surface area contributed by atoms with Crippen LogP contribution in [0.3, 0.4) is 0 Å². The molecule has 0 spiro atoms. The molecule has 19 heavy (non-hydrogen) atoms. The molecule has 0 bridgehead atoms. The maximum atomic E-state index is 11.5. The van der Waals surface area contributed by atoms with Crippen LogP contribution in [0, 0.1) is 0 Å². The van der Waals surface area contributed by atoms with Crippen LogP contribution in [-0.4, -0.2) is 18.5 Å². The van der Waals surface area contributed by atoms with Crippen molar-refractivity contribution in [1.82, 2.24) is 0 Å². The van der Waals surface area contributed by atoms with E-state index in [1.807, 2.05) is 0 Å². The average molecular weight is 264 g/mol. The van der Waals surface area contributed by atoms with Gasteiger partial charge in [-0.05, 0) is 53.4 Å². The van der Waals surface area contributed by atoms with E-state index in [1.165, 1.54) is 11.1 Å².